The van der Waals surface area contributed by atoms with Crippen LogP contribution < -0.4 is 5.32 Å². The molecule has 0 radical (unpaired) electrons. The summed E-state index contributed by atoms with van der Waals surface area (Å²) in [5.74, 6) is -0.189. The molecule has 0 aromatic heterocycles. The minimum Gasteiger partial charge on any atom is -0.479 e. The molecule has 1 heterocycles. The Hall–Kier alpha value is -1.69. The highest BCUT2D eigenvalue weighted by Gasteiger charge is 2.38. The standard InChI is InChI=1S/C15H20N2O3S/c1-11-10-17(8-9-21-11)14(20)16-15(2,13(18)19)12-6-4-3-5-7-12/h3-7,11H,8-10H2,1-2H3,(H,16,20)(H,18,19). The molecule has 0 saturated carbocycles. The molecule has 0 aliphatic carbocycles. The number of carboxylic acid groups (broad SMARTS) is 1. The van der Waals surface area contributed by atoms with Gasteiger partial charge in [-0.15, -0.1) is 0 Å². The molecule has 21 heavy (non-hydrogen) atoms. The Bertz CT molecular complexity index is 523. The van der Waals surface area contributed by atoms with E-state index in [9.17, 15) is 14.7 Å². The summed E-state index contributed by atoms with van der Waals surface area (Å²) < 4.78 is 0. The Morgan fingerprint density at radius 2 is 2.05 bits per heavy atom. The van der Waals surface area contributed by atoms with Crippen LogP contribution in [-0.4, -0.2) is 46.1 Å². The van der Waals surface area contributed by atoms with Crippen LogP contribution in [0.5, 0.6) is 0 Å². The number of urea groups is 1. The second kappa shape index (κ2) is 6.39. The number of nitrogens with zero attached hydrogens (tertiary/aromatic N) is 1. The van der Waals surface area contributed by atoms with Gasteiger partial charge in [-0.25, -0.2) is 9.59 Å². The van der Waals surface area contributed by atoms with Crippen LogP contribution in [0.25, 0.3) is 0 Å². The molecule has 6 heteroatoms. The van der Waals surface area contributed by atoms with E-state index in [1.807, 2.05) is 17.8 Å². The van der Waals surface area contributed by atoms with Crippen LogP contribution in [0.4, 0.5) is 4.79 Å². The van der Waals surface area contributed by atoms with Crippen LogP contribution in [0.3, 0.4) is 0 Å². The lowest BCUT2D eigenvalue weighted by molar-refractivity contribution is -0.144. The molecule has 1 saturated heterocycles. The van der Waals surface area contributed by atoms with Gasteiger partial charge in [-0.3, -0.25) is 0 Å². The normalized spacial score (nSPS) is 21.4. The summed E-state index contributed by atoms with van der Waals surface area (Å²) in [4.78, 5) is 25.7. The summed E-state index contributed by atoms with van der Waals surface area (Å²) >= 11 is 1.82. The summed E-state index contributed by atoms with van der Waals surface area (Å²) in [5.41, 5.74) is -0.864. The fourth-order valence-electron chi connectivity index (χ4n) is 2.32. The molecule has 2 amide bonds. The van der Waals surface area contributed by atoms with Crippen LogP contribution in [0, 0.1) is 0 Å². The number of aliphatic carboxylic acids is 1. The summed E-state index contributed by atoms with van der Waals surface area (Å²) in [6.07, 6.45) is 0. The van der Waals surface area contributed by atoms with E-state index in [0.29, 0.717) is 23.9 Å². The van der Waals surface area contributed by atoms with E-state index in [-0.39, 0.29) is 6.03 Å². The summed E-state index contributed by atoms with van der Waals surface area (Å²) in [6.45, 7) is 4.87. The first-order valence-electron chi connectivity index (χ1n) is 6.91. The van der Waals surface area contributed by atoms with Crippen LogP contribution >= 0.6 is 11.8 Å². The minimum atomic E-state index is -1.42. The van der Waals surface area contributed by atoms with Gasteiger partial charge in [0.1, 0.15) is 0 Å². The average Bonchev–Trinajstić information content (AvgIpc) is 2.47. The summed E-state index contributed by atoms with van der Waals surface area (Å²) in [7, 11) is 0. The second-order valence-electron chi connectivity index (χ2n) is 5.35. The van der Waals surface area contributed by atoms with Gasteiger partial charge in [0.25, 0.3) is 0 Å². The van der Waals surface area contributed by atoms with Crippen molar-refractivity contribution in [3.05, 3.63) is 35.9 Å². The highest BCUT2D eigenvalue weighted by molar-refractivity contribution is 7.99. The molecule has 1 aliphatic heterocycles. The van der Waals surface area contributed by atoms with Crippen molar-refractivity contribution in [2.24, 2.45) is 0 Å². The first-order valence-corrected chi connectivity index (χ1v) is 7.96. The number of thioether (sulfide) groups is 1. The second-order valence-corrected chi connectivity index (χ2v) is 6.90. The fraction of sp³-hybridized carbons (Fsp3) is 0.467. The maximum atomic E-state index is 12.4. The van der Waals surface area contributed by atoms with Crippen molar-refractivity contribution >= 4 is 23.8 Å². The zero-order chi connectivity index (χ0) is 15.5. The predicted molar refractivity (Wildman–Crippen MR) is 83.5 cm³/mol. The number of hydrogen-bond donors (Lipinski definition) is 2. The number of carboxylic acids is 1. The first kappa shape index (κ1) is 15.7. The van der Waals surface area contributed by atoms with Crippen molar-refractivity contribution in [1.29, 1.82) is 0 Å². The molecule has 2 rings (SSSR count). The maximum Gasteiger partial charge on any atom is 0.333 e. The molecule has 2 N–H and O–H groups in total. The molecular weight excluding hydrogens is 288 g/mol. The molecule has 2 atom stereocenters. The molecule has 1 aromatic carbocycles. The lowest BCUT2D eigenvalue weighted by atomic mass is 9.92. The van der Waals surface area contributed by atoms with Crippen molar-refractivity contribution in [3.63, 3.8) is 0 Å². The third-order valence-corrected chi connectivity index (χ3v) is 4.80. The zero-order valence-electron chi connectivity index (χ0n) is 12.2. The first-order chi connectivity index (χ1) is 9.93. The lowest BCUT2D eigenvalue weighted by Gasteiger charge is -2.34. The van der Waals surface area contributed by atoms with Gasteiger partial charge in [-0.1, -0.05) is 37.3 Å². The molecule has 1 fully saturated rings. The van der Waals surface area contributed by atoms with Crippen LogP contribution in [0.15, 0.2) is 30.3 Å². The predicted octanol–water partition coefficient (Wildman–Crippen LogP) is 2.13. The van der Waals surface area contributed by atoms with E-state index in [0.717, 1.165) is 5.75 Å². The van der Waals surface area contributed by atoms with E-state index in [2.05, 4.69) is 12.2 Å². The number of hydrogen-bond acceptors (Lipinski definition) is 3. The van der Waals surface area contributed by atoms with E-state index < -0.39 is 11.5 Å². The van der Waals surface area contributed by atoms with Crippen LogP contribution in [0.2, 0.25) is 0 Å². The molecule has 2 unspecified atom stereocenters. The van der Waals surface area contributed by atoms with Crippen molar-refractivity contribution < 1.29 is 14.7 Å². The Morgan fingerprint density at radius 1 is 1.38 bits per heavy atom. The molecule has 0 spiro atoms. The number of rotatable bonds is 3. The number of carbonyl (C=O) groups is 2. The molecule has 114 valence electrons. The Labute approximate surface area is 128 Å². The van der Waals surface area contributed by atoms with Gasteiger partial charge in [-0.05, 0) is 12.5 Å². The third-order valence-electron chi connectivity index (χ3n) is 3.66. The Kier molecular flexibility index (Phi) is 4.77. The SMILES string of the molecule is CC1CN(C(=O)NC(C)(C(=O)O)c2ccccc2)CCS1. The van der Waals surface area contributed by atoms with Gasteiger partial charge in [0.05, 0.1) is 0 Å². The van der Waals surface area contributed by atoms with Gasteiger partial charge in [-0.2, -0.15) is 11.8 Å². The highest BCUT2D eigenvalue weighted by atomic mass is 32.2. The Balaban J connectivity index is 2.17. The van der Waals surface area contributed by atoms with Gasteiger partial charge < -0.3 is 15.3 Å². The monoisotopic (exact) mass is 308 g/mol. The summed E-state index contributed by atoms with van der Waals surface area (Å²) in [6, 6.07) is 8.45. The topological polar surface area (TPSA) is 69.6 Å². The van der Waals surface area contributed by atoms with E-state index in [4.69, 9.17) is 0 Å². The molecule has 0 bridgehead atoms. The van der Waals surface area contributed by atoms with E-state index in [1.165, 1.54) is 6.92 Å². The van der Waals surface area contributed by atoms with Crippen molar-refractivity contribution in [2.75, 3.05) is 18.8 Å². The lowest BCUT2D eigenvalue weighted by Crippen LogP contribution is -2.56. The third kappa shape index (κ3) is 3.50. The van der Waals surface area contributed by atoms with Crippen LogP contribution in [0.1, 0.15) is 19.4 Å². The molecule has 1 aromatic rings. The fourth-order valence-corrected chi connectivity index (χ4v) is 3.33. The highest BCUT2D eigenvalue weighted by Crippen LogP contribution is 2.23. The van der Waals surface area contributed by atoms with Gasteiger partial charge >= 0.3 is 12.0 Å². The van der Waals surface area contributed by atoms with Crippen molar-refractivity contribution in [2.45, 2.75) is 24.6 Å². The largest absolute Gasteiger partial charge is 0.479 e. The zero-order valence-corrected chi connectivity index (χ0v) is 13.0. The number of nitrogens with one attached hydrogen (secondary N) is 1. The number of carbonyl (C=O) groups excluding carboxylic acids is 1. The van der Waals surface area contributed by atoms with Crippen molar-refractivity contribution in [3.8, 4) is 0 Å². The smallest absolute Gasteiger partial charge is 0.333 e. The van der Waals surface area contributed by atoms with Gasteiger partial charge in [0.2, 0.25) is 0 Å². The molecule has 5 nitrogen and oxygen atoms in total. The quantitative estimate of drug-likeness (QED) is 0.897. The van der Waals surface area contributed by atoms with E-state index >= 15 is 0 Å². The average molecular weight is 308 g/mol. The van der Waals surface area contributed by atoms with Crippen molar-refractivity contribution in [1.82, 2.24) is 10.2 Å². The molecule has 1 aliphatic rings. The number of benzene rings is 1. The van der Waals surface area contributed by atoms with Gasteiger partial charge in [0.15, 0.2) is 5.54 Å². The Morgan fingerprint density at radius 3 is 2.62 bits per heavy atom. The number of amides is 2. The maximum absolute atomic E-state index is 12.4. The minimum absolute atomic E-state index is 0.323. The van der Waals surface area contributed by atoms with Crippen LogP contribution in [-0.2, 0) is 10.3 Å². The van der Waals surface area contributed by atoms with Gasteiger partial charge in [0, 0.05) is 24.1 Å². The summed E-state index contributed by atoms with van der Waals surface area (Å²) in [5, 5.41) is 12.6. The molecular formula is C15H20N2O3S. The van der Waals surface area contributed by atoms with E-state index in [1.54, 1.807) is 29.2 Å².